The monoisotopic (exact) mass is 246 g/mol. The van der Waals surface area contributed by atoms with E-state index in [2.05, 4.69) is 43.2 Å². The molecule has 2 rings (SSSR count). The lowest BCUT2D eigenvalue weighted by Crippen LogP contribution is -2.36. The molecule has 1 unspecified atom stereocenters. The number of hydrogen-bond acceptors (Lipinski definition) is 3. The summed E-state index contributed by atoms with van der Waals surface area (Å²) in [6, 6.07) is 10.7. The molecule has 1 aromatic heterocycles. The number of nitrogens with zero attached hydrogens (tertiary/aromatic N) is 1. The molecule has 0 spiro atoms. The lowest BCUT2D eigenvalue weighted by atomic mass is 10.2. The third kappa shape index (κ3) is 3.34. The second-order valence-corrected chi connectivity index (χ2v) is 4.89. The molecule has 1 aromatic carbocycles. The average molecular weight is 246 g/mol. The number of furan rings is 1. The van der Waals surface area contributed by atoms with Crippen molar-refractivity contribution in [2.45, 2.75) is 26.4 Å². The number of rotatable bonds is 6. The Morgan fingerprint density at radius 2 is 2.11 bits per heavy atom. The number of benzene rings is 1. The quantitative estimate of drug-likeness (QED) is 0.849. The van der Waals surface area contributed by atoms with Gasteiger partial charge in [0.25, 0.3) is 0 Å². The van der Waals surface area contributed by atoms with E-state index in [1.807, 2.05) is 18.2 Å². The summed E-state index contributed by atoms with van der Waals surface area (Å²) in [4.78, 5) is 2.30. The van der Waals surface area contributed by atoms with Crippen molar-refractivity contribution in [1.82, 2.24) is 10.2 Å². The molecule has 2 aromatic rings. The molecule has 0 aliphatic rings. The lowest BCUT2D eigenvalue weighted by Gasteiger charge is -2.20. The topological polar surface area (TPSA) is 28.4 Å². The fraction of sp³-hybridized carbons (Fsp3) is 0.467. The first kappa shape index (κ1) is 13.1. The van der Waals surface area contributed by atoms with Gasteiger partial charge in [0.15, 0.2) is 0 Å². The maximum atomic E-state index is 5.77. The normalized spacial score (nSPS) is 13.3. The molecule has 3 nitrogen and oxygen atoms in total. The molecule has 0 amide bonds. The maximum Gasteiger partial charge on any atom is 0.134 e. The molecule has 0 bridgehead atoms. The van der Waals surface area contributed by atoms with Crippen LogP contribution < -0.4 is 5.32 Å². The molecule has 0 aliphatic heterocycles. The van der Waals surface area contributed by atoms with Gasteiger partial charge in [-0.15, -0.1) is 0 Å². The highest BCUT2D eigenvalue weighted by Crippen LogP contribution is 2.18. The van der Waals surface area contributed by atoms with Crippen LogP contribution in [-0.2, 0) is 6.54 Å². The van der Waals surface area contributed by atoms with E-state index < -0.39 is 0 Å². The lowest BCUT2D eigenvalue weighted by molar-refractivity contribution is 0.305. The fourth-order valence-corrected chi connectivity index (χ4v) is 2.06. The van der Waals surface area contributed by atoms with Gasteiger partial charge in [-0.2, -0.15) is 0 Å². The van der Waals surface area contributed by atoms with Gasteiger partial charge in [-0.25, -0.2) is 0 Å². The van der Waals surface area contributed by atoms with E-state index in [0.29, 0.717) is 6.04 Å². The van der Waals surface area contributed by atoms with Crippen molar-refractivity contribution in [2.75, 3.05) is 20.1 Å². The van der Waals surface area contributed by atoms with Crippen molar-refractivity contribution >= 4 is 11.0 Å². The van der Waals surface area contributed by atoms with Crippen LogP contribution in [0.4, 0.5) is 0 Å². The molecule has 0 radical (unpaired) electrons. The summed E-state index contributed by atoms with van der Waals surface area (Å²) in [5.41, 5.74) is 0.965. The highest BCUT2D eigenvalue weighted by atomic mass is 16.3. The SMILES string of the molecule is CCN(C)CC(C)NCc1cc2ccccc2o1. The predicted molar refractivity (Wildman–Crippen MR) is 75.7 cm³/mol. The zero-order chi connectivity index (χ0) is 13.0. The second kappa shape index (κ2) is 6.03. The first-order chi connectivity index (χ1) is 8.69. The van der Waals surface area contributed by atoms with Crippen LogP contribution in [0.3, 0.4) is 0 Å². The molecule has 3 heteroatoms. The van der Waals surface area contributed by atoms with Crippen LogP contribution in [0.5, 0.6) is 0 Å². The van der Waals surface area contributed by atoms with Crippen LogP contribution in [0.2, 0.25) is 0 Å². The molecule has 0 fully saturated rings. The smallest absolute Gasteiger partial charge is 0.134 e. The standard InChI is InChI=1S/C15H22N2O/c1-4-17(3)11-12(2)16-10-14-9-13-7-5-6-8-15(13)18-14/h5-9,12,16H,4,10-11H2,1-3H3. The zero-order valence-electron chi connectivity index (χ0n) is 11.4. The van der Waals surface area contributed by atoms with E-state index in [4.69, 9.17) is 4.42 Å². The van der Waals surface area contributed by atoms with Crippen LogP contribution >= 0.6 is 0 Å². The molecular formula is C15H22N2O. The van der Waals surface area contributed by atoms with E-state index in [1.54, 1.807) is 0 Å². The van der Waals surface area contributed by atoms with Gasteiger partial charge >= 0.3 is 0 Å². The fourth-order valence-electron chi connectivity index (χ4n) is 2.06. The zero-order valence-corrected chi connectivity index (χ0v) is 11.4. The summed E-state index contributed by atoms with van der Waals surface area (Å²) in [5, 5.41) is 4.66. The van der Waals surface area contributed by atoms with E-state index in [0.717, 1.165) is 31.0 Å². The van der Waals surface area contributed by atoms with Gasteiger partial charge < -0.3 is 14.6 Å². The van der Waals surface area contributed by atoms with Gasteiger partial charge in [-0.05, 0) is 32.6 Å². The van der Waals surface area contributed by atoms with Crippen molar-refractivity contribution in [2.24, 2.45) is 0 Å². The second-order valence-electron chi connectivity index (χ2n) is 4.89. The van der Waals surface area contributed by atoms with Crippen LogP contribution in [0.1, 0.15) is 19.6 Å². The molecular weight excluding hydrogens is 224 g/mol. The molecule has 18 heavy (non-hydrogen) atoms. The van der Waals surface area contributed by atoms with E-state index in [1.165, 1.54) is 5.39 Å². The Morgan fingerprint density at radius 3 is 2.83 bits per heavy atom. The Balaban J connectivity index is 1.89. The Bertz CT molecular complexity index is 459. The highest BCUT2D eigenvalue weighted by Gasteiger charge is 2.07. The Kier molecular flexibility index (Phi) is 4.39. The summed E-state index contributed by atoms with van der Waals surface area (Å²) >= 11 is 0. The molecule has 1 heterocycles. The summed E-state index contributed by atoms with van der Waals surface area (Å²) in [6.07, 6.45) is 0. The van der Waals surface area contributed by atoms with E-state index in [9.17, 15) is 0 Å². The van der Waals surface area contributed by atoms with Crippen molar-refractivity contribution in [3.8, 4) is 0 Å². The number of nitrogens with one attached hydrogen (secondary N) is 1. The van der Waals surface area contributed by atoms with Crippen molar-refractivity contribution in [3.63, 3.8) is 0 Å². The van der Waals surface area contributed by atoms with Gasteiger partial charge in [0.2, 0.25) is 0 Å². The van der Waals surface area contributed by atoms with Crippen molar-refractivity contribution in [1.29, 1.82) is 0 Å². The average Bonchev–Trinajstić information content (AvgIpc) is 2.79. The van der Waals surface area contributed by atoms with Gasteiger partial charge in [-0.3, -0.25) is 0 Å². The van der Waals surface area contributed by atoms with Gasteiger partial charge in [0.1, 0.15) is 11.3 Å². The molecule has 1 N–H and O–H groups in total. The van der Waals surface area contributed by atoms with Crippen LogP contribution in [-0.4, -0.2) is 31.1 Å². The summed E-state index contributed by atoms with van der Waals surface area (Å²) < 4.78 is 5.77. The molecule has 98 valence electrons. The first-order valence-electron chi connectivity index (χ1n) is 6.58. The molecule has 0 aliphatic carbocycles. The molecule has 0 saturated heterocycles. The third-order valence-electron chi connectivity index (χ3n) is 3.23. The van der Waals surface area contributed by atoms with Crippen LogP contribution in [0.15, 0.2) is 34.7 Å². The maximum absolute atomic E-state index is 5.77. The highest BCUT2D eigenvalue weighted by molar-refractivity contribution is 5.77. The summed E-state index contributed by atoms with van der Waals surface area (Å²) in [6.45, 7) is 7.29. The number of likely N-dealkylation sites (N-methyl/N-ethyl adjacent to an activating group) is 1. The minimum atomic E-state index is 0.461. The van der Waals surface area contributed by atoms with E-state index >= 15 is 0 Å². The number of fused-ring (bicyclic) bond motifs is 1. The van der Waals surface area contributed by atoms with Gasteiger partial charge in [-0.1, -0.05) is 25.1 Å². The van der Waals surface area contributed by atoms with Gasteiger partial charge in [0.05, 0.1) is 6.54 Å². The molecule has 1 atom stereocenters. The van der Waals surface area contributed by atoms with E-state index in [-0.39, 0.29) is 0 Å². The minimum absolute atomic E-state index is 0.461. The predicted octanol–water partition coefficient (Wildman–Crippen LogP) is 2.86. The first-order valence-corrected chi connectivity index (χ1v) is 6.58. The van der Waals surface area contributed by atoms with Crippen LogP contribution in [0.25, 0.3) is 11.0 Å². The third-order valence-corrected chi connectivity index (χ3v) is 3.23. The van der Waals surface area contributed by atoms with Crippen LogP contribution in [0, 0.1) is 0 Å². The van der Waals surface area contributed by atoms with Gasteiger partial charge in [0, 0.05) is 18.0 Å². The largest absolute Gasteiger partial charge is 0.460 e. The Morgan fingerprint density at radius 1 is 1.33 bits per heavy atom. The molecule has 0 saturated carbocycles. The van der Waals surface area contributed by atoms with Crippen molar-refractivity contribution in [3.05, 3.63) is 36.1 Å². The number of para-hydroxylation sites is 1. The Labute approximate surface area is 109 Å². The minimum Gasteiger partial charge on any atom is -0.460 e. The summed E-state index contributed by atoms with van der Waals surface area (Å²) in [5.74, 6) is 1.00. The summed E-state index contributed by atoms with van der Waals surface area (Å²) in [7, 11) is 2.14. The van der Waals surface area contributed by atoms with Crippen molar-refractivity contribution < 1.29 is 4.42 Å². The number of hydrogen-bond donors (Lipinski definition) is 1. The Hall–Kier alpha value is -1.32.